The van der Waals surface area contributed by atoms with E-state index in [-0.39, 0.29) is 6.03 Å². The van der Waals surface area contributed by atoms with E-state index in [4.69, 9.17) is 9.51 Å². The minimum Gasteiger partial charge on any atom is -0.370 e. The summed E-state index contributed by atoms with van der Waals surface area (Å²) in [5.41, 5.74) is 2.19. The topological polar surface area (TPSA) is 101 Å². The quantitative estimate of drug-likeness (QED) is 0.649. The molecular weight excluding hydrogens is 382 g/mol. The number of nitrogens with one attached hydrogen (secondary N) is 2. The molecule has 158 valence electrons. The van der Waals surface area contributed by atoms with Crippen LogP contribution < -0.4 is 15.5 Å². The zero-order chi connectivity index (χ0) is 20.9. The third kappa shape index (κ3) is 4.61. The van der Waals surface area contributed by atoms with E-state index in [9.17, 15) is 4.79 Å². The molecule has 2 N–H and O–H groups in total. The number of nitrogens with zero attached hydrogens (tertiary/aromatic N) is 5. The monoisotopic (exact) mass is 409 g/mol. The summed E-state index contributed by atoms with van der Waals surface area (Å²) in [6.45, 7) is 6.44. The van der Waals surface area contributed by atoms with E-state index in [0.717, 1.165) is 49.6 Å². The first-order valence-corrected chi connectivity index (χ1v) is 10.4. The number of aromatic nitrogens is 4. The van der Waals surface area contributed by atoms with Crippen LogP contribution in [0.1, 0.15) is 31.2 Å². The van der Waals surface area contributed by atoms with Crippen molar-refractivity contribution in [1.29, 1.82) is 0 Å². The first-order chi connectivity index (χ1) is 14.6. The molecule has 1 aliphatic heterocycles. The van der Waals surface area contributed by atoms with Crippen LogP contribution in [0.4, 0.5) is 16.3 Å². The van der Waals surface area contributed by atoms with Gasteiger partial charge in [-0.05, 0) is 50.8 Å². The second kappa shape index (κ2) is 8.98. The molecule has 0 aromatic carbocycles. The second-order valence-corrected chi connectivity index (χ2v) is 7.52. The highest BCUT2D eigenvalue weighted by molar-refractivity contribution is 5.88. The summed E-state index contributed by atoms with van der Waals surface area (Å²) in [6, 6.07) is 7.58. The van der Waals surface area contributed by atoms with Crippen molar-refractivity contribution >= 4 is 17.5 Å². The molecule has 1 aliphatic rings. The number of carbonyl (C=O) groups excluding carboxylic acids is 1. The molecule has 0 aliphatic carbocycles. The Morgan fingerprint density at radius 2 is 2.13 bits per heavy atom. The van der Waals surface area contributed by atoms with Gasteiger partial charge in [0.25, 0.3) is 0 Å². The maximum Gasteiger partial charge on any atom is 0.320 e. The van der Waals surface area contributed by atoms with Crippen molar-refractivity contribution in [2.45, 2.75) is 33.1 Å². The number of rotatable bonds is 6. The van der Waals surface area contributed by atoms with E-state index >= 15 is 0 Å². The van der Waals surface area contributed by atoms with Gasteiger partial charge in [0.2, 0.25) is 0 Å². The zero-order valence-electron chi connectivity index (χ0n) is 17.3. The second-order valence-electron chi connectivity index (χ2n) is 7.52. The lowest BCUT2D eigenvalue weighted by molar-refractivity contribution is 0.252. The maximum atomic E-state index is 11.6. The van der Waals surface area contributed by atoms with Crippen LogP contribution in [0.25, 0.3) is 5.82 Å². The highest BCUT2D eigenvalue weighted by atomic mass is 16.5. The summed E-state index contributed by atoms with van der Waals surface area (Å²) in [7, 11) is 0. The van der Waals surface area contributed by atoms with E-state index < -0.39 is 0 Å². The molecule has 1 fully saturated rings. The molecule has 0 bridgehead atoms. The van der Waals surface area contributed by atoms with Crippen molar-refractivity contribution in [3.05, 3.63) is 48.1 Å². The number of carbonyl (C=O) groups is 1. The molecule has 0 spiro atoms. The Bertz CT molecular complexity index is 975. The number of hydrogen-bond acceptors (Lipinski definition) is 6. The minimum absolute atomic E-state index is 0.270. The van der Waals surface area contributed by atoms with Crippen molar-refractivity contribution in [1.82, 2.24) is 25.2 Å². The first-order valence-electron chi connectivity index (χ1n) is 10.4. The molecule has 4 heterocycles. The normalized spacial score (nSPS) is 14.7. The molecule has 2 amide bonds. The number of pyridine rings is 1. The van der Waals surface area contributed by atoms with Gasteiger partial charge in [-0.3, -0.25) is 5.32 Å². The lowest BCUT2D eigenvalue weighted by atomic mass is 9.92. The number of amides is 2. The van der Waals surface area contributed by atoms with Gasteiger partial charge in [-0.15, -0.1) is 0 Å². The van der Waals surface area contributed by atoms with Crippen LogP contribution in [0, 0.1) is 12.8 Å². The molecule has 1 saturated heterocycles. The number of urea groups is 1. The van der Waals surface area contributed by atoms with Crippen molar-refractivity contribution in [2.24, 2.45) is 5.92 Å². The van der Waals surface area contributed by atoms with Gasteiger partial charge < -0.3 is 14.7 Å². The zero-order valence-corrected chi connectivity index (χ0v) is 17.3. The molecule has 30 heavy (non-hydrogen) atoms. The molecule has 4 rings (SSSR count). The molecular formula is C21H27N7O2. The van der Waals surface area contributed by atoms with E-state index in [2.05, 4.69) is 31.9 Å². The van der Waals surface area contributed by atoms with Gasteiger partial charge in [-0.25, -0.2) is 14.5 Å². The van der Waals surface area contributed by atoms with Crippen LogP contribution in [0.15, 0.2) is 41.2 Å². The van der Waals surface area contributed by atoms with Crippen LogP contribution in [0.2, 0.25) is 0 Å². The van der Waals surface area contributed by atoms with Gasteiger partial charge in [0.15, 0.2) is 11.6 Å². The molecule has 0 saturated carbocycles. The Hall–Kier alpha value is -3.36. The van der Waals surface area contributed by atoms with E-state index in [1.807, 2.05) is 38.2 Å². The predicted octanol–water partition coefficient (Wildman–Crippen LogP) is 3.16. The summed E-state index contributed by atoms with van der Waals surface area (Å²) in [5.74, 6) is 2.62. The smallest absolute Gasteiger partial charge is 0.320 e. The molecule has 9 heteroatoms. The summed E-state index contributed by atoms with van der Waals surface area (Å²) in [6.07, 6.45) is 6.62. The highest BCUT2D eigenvalue weighted by Crippen LogP contribution is 2.28. The van der Waals surface area contributed by atoms with Gasteiger partial charge >= 0.3 is 6.03 Å². The fourth-order valence-corrected chi connectivity index (χ4v) is 3.86. The fourth-order valence-electron chi connectivity index (χ4n) is 3.86. The van der Waals surface area contributed by atoms with Crippen molar-refractivity contribution in [2.75, 3.05) is 29.9 Å². The van der Waals surface area contributed by atoms with Crippen LogP contribution >= 0.6 is 0 Å². The summed E-state index contributed by atoms with van der Waals surface area (Å²) < 4.78 is 7.17. The Morgan fingerprint density at radius 3 is 2.83 bits per heavy atom. The van der Waals surface area contributed by atoms with E-state index in [1.54, 1.807) is 10.9 Å². The van der Waals surface area contributed by atoms with E-state index in [0.29, 0.717) is 18.3 Å². The molecule has 0 radical (unpaired) electrons. The Balaban J connectivity index is 1.31. The first kappa shape index (κ1) is 19.9. The van der Waals surface area contributed by atoms with Crippen LogP contribution in [-0.2, 0) is 6.42 Å². The molecule has 0 atom stereocenters. The van der Waals surface area contributed by atoms with E-state index in [1.165, 1.54) is 5.69 Å². The standard InChI is InChI=1S/C21H27N7O2/c1-3-22-21(29)25-19-14-17(30-26-19)13-16-7-11-27(12-8-16)18-5-6-20(24-15(18)2)28-10-4-9-23-28/h4-6,9-10,14,16H,3,7-8,11-13H2,1-2H3,(H2,22,25,26,29). The fraction of sp³-hybridized carbons (Fsp3) is 0.429. The lowest BCUT2D eigenvalue weighted by Crippen LogP contribution is -2.34. The number of piperidine rings is 1. The van der Waals surface area contributed by atoms with Gasteiger partial charge in [0.1, 0.15) is 5.76 Å². The number of aryl methyl sites for hydroxylation is 1. The van der Waals surface area contributed by atoms with Gasteiger partial charge in [0, 0.05) is 44.5 Å². The average Bonchev–Trinajstić information content (AvgIpc) is 3.41. The summed E-state index contributed by atoms with van der Waals surface area (Å²) >= 11 is 0. The van der Waals surface area contributed by atoms with Crippen LogP contribution in [0.3, 0.4) is 0 Å². The van der Waals surface area contributed by atoms with Gasteiger partial charge in [-0.1, -0.05) is 5.16 Å². The Kier molecular flexibility index (Phi) is 5.97. The molecule has 3 aromatic rings. The third-order valence-corrected chi connectivity index (χ3v) is 5.37. The maximum absolute atomic E-state index is 11.6. The summed E-state index contributed by atoms with van der Waals surface area (Å²) in [4.78, 5) is 18.7. The summed E-state index contributed by atoms with van der Waals surface area (Å²) in [5, 5.41) is 13.5. The lowest BCUT2D eigenvalue weighted by Gasteiger charge is -2.34. The van der Waals surface area contributed by atoms with Crippen molar-refractivity contribution in [3.63, 3.8) is 0 Å². The number of anilines is 2. The van der Waals surface area contributed by atoms with Crippen LogP contribution in [-0.4, -0.2) is 45.6 Å². The SMILES string of the molecule is CCNC(=O)Nc1cc(CC2CCN(c3ccc(-n4cccn4)nc3C)CC2)on1. The Labute approximate surface area is 175 Å². The van der Waals surface area contributed by atoms with Crippen molar-refractivity contribution < 1.29 is 9.32 Å². The largest absolute Gasteiger partial charge is 0.370 e. The average molecular weight is 409 g/mol. The van der Waals surface area contributed by atoms with Crippen LogP contribution in [0.5, 0.6) is 0 Å². The predicted molar refractivity (Wildman–Crippen MR) is 114 cm³/mol. The molecule has 0 unspecified atom stereocenters. The minimum atomic E-state index is -0.270. The molecule has 3 aromatic heterocycles. The number of hydrogen-bond donors (Lipinski definition) is 2. The Morgan fingerprint density at radius 1 is 1.30 bits per heavy atom. The van der Waals surface area contributed by atoms with Crippen molar-refractivity contribution in [3.8, 4) is 5.82 Å². The highest BCUT2D eigenvalue weighted by Gasteiger charge is 2.23. The third-order valence-electron chi connectivity index (χ3n) is 5.37. The van der Waals surface area contributed by atoms with Gasteiger partial charge in [0.05, 0.1) is 11.4 Å². The van der Waals surface area contributed by atoms with Gasteiger partial charge in [-0.2, -0.15) is 5.10 Å². The molecule has 9 nitrogen and oxygen atoms in total.